The molecule has 0 aliphatic heterocycles. The van der Waals surface area contributed by atoms with Crippen molar-refractivity contribution >= 4 is 22.9 Å². The molecule has 1 aliphatic rings. The van der Waals surface area contributed by atoms with Crippen LogP contribution in [-0.4, -0.2) is 46.1 Å². The fourth-order valence-electron chi connectivity index (χ4n) is 4.58. The Balaban J connectivity index is 1.41. The van der Waals surface area contributed by atoms with Crippen molar-refractivity contribution in [2.75, 3.05) is 31.0 Å². The maximum absolute atomic E-state index is 14.7. The van der Waals surface area contributed by atoms with E-state index in [2.05, 4.69) is 15.6 Å². The van der Waals surface area contributed by atoms with Crippen LogP contribution in [0.25, 0.3) is 0 Å². The number of aliphatic hydroxyl groups is 1. The lowest BCUT2D eigenvalue weighted by Gasteiger charge is -2.16. The van der Waals surface area contributed by atoms with Crippen molar-refractivity contribution in [3.63, 3.8) is 0 Å². The second-order valence-corrected chi connectivity index (χ2v) is 9.09. The number of aryl methyl sites for hydroxylation is 1. The van der Waals surface area contributed by atoms with Gasteiger partial charge in [-0.15, -0.1) is 0 Å². The lowest BCUT2D eigenvalue weighted by Crippen LogP contribution is -2.15. The summed E-state index contributed by atoms with van der Waals surface area (Å²) in [6.07, 6.45) is 5.78. The highest BCUT2D eigenvalue weighted by Gasteiger charge is 2.23. The Morgan fingerprint density at radius 2 is 1.88 bits per heavy atom. The van der Waals surface area contributed by atoms with E-state index in [0.717, 1.165) is 42.7 Å². The number of para-hydroxylation sites is 1. The molecular formula is C29H28F2N6O3. The largest absolute Gasteiger partial charge is 0.493 e. The van der Waals surface area contributed by atoms with E-state index in [0.29, 0.717) is 28.5 Å². The number of nitrogens with one attached hydrogen (secondary N) is 3. The predicted molar refractivity (Wildman–Crippen MR) is 147 cm³/mol. The van der Waals surface area contributed by atoms with Crippen LogP contribution in [0, 0.1) is 17.0 Å². The summed E-state index contributed by atoms with van der Waals surface area (Å²) in [7, 11) is 1.56. The molecule has 0 spiro atoms. The van der Waals surface area contributed by atoms with Crippen molar-refractivity contribution in [2.45, 2.75) is 25.8 Å². The number of halogens is 2. The lowest BCUT2D eigenvalue weighted by molar-refractivity contribution is 0.200. The third-order valence-corrected chi connectivity index (χ3v) is 6.54. The van der Waals surface area contributed by atoms with E-state index in [1.165, 1.54) is 0 Å². The van der Waals surface area contributed by atoms with Gasteiger partial charge in [-0.3, -0.25) is 10.4 Å². The van der Waals surface area contributed by atoms with Crippen LogP contribution in [0.3, 0.4) is 0 Å². The second-order valence-electron chi connectivity index (χ2n) is 9.09. The molecule has 2 aromatic heterocycles. The van der Waals surface area contributed by atoms with Crippen molar-refractivity contribution in [2.24, 2.45) is 0 Å². The van der Waals surface area contributed by atoms with Crippen LogP contribution in [0.4, 0.5) is 26.0 Å². The molecule has 2 heterocycles. The van der Waals surface area contributed by atoms with Gasteiger partial charge in [0.15, 0.2) is 11.6 Å². The third kappa shape index (κ3) is 5.69. The van der Waals surface area contributed by atoms with E-state index in [1.807, 2.05) is 0 Å². The minimum Gasteiger partial charge on any atom is -0.493 e. The Bertz CT molecular complexity index is 1530. The fourth-order valence-corrected chi connectivity index (χ4v) is 4.58. The van der Waals surface area contributed by atoms with Crippen LogP contribution in [-0.2, 0) is 19.4 Å². The molecule has 2 aromatic carbocycles. The first kappa shape index (κ1) is 26.9. The Labute approximate surface area is 229 Å². The standard InChI is InChI=1S/C29H28F2N6O3/c1-39-26-16-33-10-9-25(26)36-28-19-6-4-8-24(19)35-29(37-28)27(32)18-5-2-3-7-23(18)34-15-20-21(30)13-17(14-22(20)31)40-12-11-38/h2-3,5,7,9-10,13-14,16,32,34,38H,4,6,8,11-12,15H2,1H3,(H,33,35,36,37). The highest BCUT2D eigenvalue weighted by Crippen LogP contribution is 2.32. The van der Waals surface area contributed by atoms with Crippen molar-refractivity contribution in [3.05, 3.63) is 94.7 Å². The normalized spacial score (nSPS) is 12.1. The number of hydrogen-bond acceptors (Lipinski definition) is 9. The van der Waals surface area contributed by atoms with Crippen molar-refractivity contribution < 1.29 is 23.4 Å². The number of ether oxygens (including phenoxy) is 2. The Morgan fingerprint density at radius 3 is 2.65 bits per heavy atom. The van der Waals surface area contributed by atoms with Crippen molar-refractivity contribution in [1.29, 1.82) is 5.41 Å². The lowest BCUT2D eigenvalue weighted by atomic mass is 10.1. The molecule has 1 aliphatic carbocycles. The van der Waals surface area contributed by atoms with E-state index < -0.39 is 11.6 Å². The van der Waals surface area contributed by atoms with E-state index in [4.69, 9.17) is 30.0 Å². The zero-order valence-corrected chi connectivity index (χ0v) is 21.8. The van der Waals surface area contributed by atoms with E-state index in [-0.39, 0.29) is 42.6 Å². The molecule has 0 atom stereocenters. The molecule has 4 aromatic rings. The number of anilines is 3. The first-order valence-electron chi connectivity index (χ1n) is 12.8. The van der Waals surface area contributed by atoms with Gasteiger partial charge in [0.25, 0.3) is 0 Å². The monoisotopic (exact) mass is 546 g/mol. The molecule has 0 amide bonds. The van der Waals surface area contributed by atoms with E-state index >= 15 is 0 Å². The first-order valence-corrected chi connectivity index (χ1v) is 12.8. The average Bonchev–Trinajstić information content (AvgIpc) is 3.45. The molecule has 40 heavy (non-hydrogen) atoms. The SMILES string of the molecule is COc1cnccc1Nc1nc(C(=N)c2ccccc2NCc2c(F)cc(OCCO)cc2F)nc2c1CCC2. The Hall–Kier alpha value is -4.64. The van der Waals surface area contributed by atoms with Gasteiger partial charge in [0, 0.05) is 52.9 Å². The summed E-state index contributed by atoms with van der Waals surface area (Å²) in [6, 6.07) is 11.0. The van der Waals surface area contributed by atoms with Gasteiger partial charge < -0.3 is 25.2 Å². The maximum Gasteiger partial charge on any atom is 0.180 e. The molecule has 11 heteroatoms. The van der Waals surface area contributed by atoms with Gasteiger partial charge in [0.05, 0.1) is 25.6 Å². The minimum absolute atomic E-state index is 0.00228. The molecule has 206 valence electrons. The third-order valence-electron chi connectivity index (χ3n) is 6.54. The van der Waals surface area contributed by atoms with Crippen molar-refractivity contribution in [3.8, 4) is 11.5 Å². The molecular weight excluding hydrogens is 518 g/mol. The average molecular weight is 547 g/mol. The summed E-state index contributed by atoms with van der Waals surface area (Å²) in [6.45, 7) is -0.495. The number of benzene rings is 2. The number of fused-ring (bicyclic) bond motifs is 1. The highest BCUT2D eigenvalue weighted by molar-refractivity contribution is 6.12. The summed E-state index contributed by atoms with van der Waals surface area (Å²) in [5.74, 6) is -0.170. The zero-order valence-electron chi connectivity index (χ0n) is 21.8. The summed E-state index contributed by atoms with van der Waals surface area (Å²) in [5.41, 5.74) is 3.45. The molecule has 9 nitrogen and oxygen atoms in total. The minimum atomic E-state index is -0.780. The number of nitrogens with zero attached hydrogens (tertiary/aromatic N) is 3. The topological polar surface area (TPSA) is 125 Å². The van der Waals surface area contributed by atoms with Gasteiger partial charge in [-0.25, -0.2) is 18.7 Å². The smallest absolute Gasteiger partial charge is 0.180 e. The summed E-state index contributed by atoms with van der Waals surface area (Å²) >= 11 is 0. The highest BCUT2D eigenvalue weighted by atomic mass is 19.1. The second kappa shape index (κ2) is 12.0. The Morgan fingerprint density at radius 1 is 1.07 bits per heavy atom. The van der Waals surface area contributed by atoms with Crippen LogP contribution in [0.5, 0.6) is 11.5 Å². The number of rotatable bonds is 11. The van der Waals surface area contributed by atoms with Crippen LogP contribution in [0.15, 0.2) is 54.9 Å². The van der Waals surface area contributed by atoms with E-state index in [1.54, 1.807) is 49.8 Å². The number of pyridine rings is 1. The molecule has 4 N–H and O–H groups in total. The quantitative estimate of drug-likeness (QED) is 0.198. The number of methoxy groups -OCH3 is 1. The predicted octanol–water partition coefficient (Wildman–Crippen LogP) is 4.79. The zero-order chi connectivity index (χ0) is 28.1. The molecule has 0 fully saturated rings. The molecule has 0 saturated heterocycles. The van der Waals surface area contributed by atoms with Gasteiger partial charge in [0.1, 0.15) is 35.5 Å². The summed E-state index contributed by atoms with van der Waals surface area (Å²) in [4.78, 5) is 13.5. The molecule has 0 unspecified atom stereocenters. The molecule has 0 bridgehead atoms. The van der Waals surface area contributed by atoms with Gasteiger partial charge >= 0.3 is 0 Å². The van der Waals surface area contributed by atoms with Crippen LogP contribution >= 0.6 is 0 Å². The first-order chi connectivity index (χ1) is 19.5. The van der Waals surface area contributed by atoms with Crippen LogP contribution < -0.4 is 20.1 Å². The van der Waals surface area contributed by atoms with Gasteiger partial charge in [-0.2, -0.15) is 0 Å². The number of aromatic nitrogens is 3. The molecule has 0 radical (unpaired) electrons. The van der Waals surface area contributed by atoms with Crippen LogP contribution in [0.1, 0.15) is 34.6 Å². The Kier molecular flexibility index (Phi) is 8.11. The van der Waals surface area contributed by atoms with Gasteiger partial charge in [0.2, 0.25) is 0 Å². The maximum atomic E-state index is 14.7. The number of hydrogen-bond donors (Lipinski definition) is 4. The molecule has 5 rings (SSSR count). The summed E-state index contributed by atoms with van der Waals surface area (Å²) in [5, 5.41) is 24.2. The number of aliphatic hydroxyl groups excluding tert-OH is 1. The van der Waals surface area contributed by atoms with Crippen LogP contribution in [0.2, 0.25) is 0 Å². The van der Waals surface area contributed by atoms with E-state index in [9.17, 15) is 8.78 Å². The van der Waals surface area contributed by atoms with Gasteiger partial charge in [-0.05, 0) is 31.4 Å². The molecule has 0 saturated carbocycles. The van der Waals surface area contributed by atoms with Gasteiger partial charge in [-0.1, -0.05) is 18.2 Å². The fraction of sp³-hybridized carbons (Fsp3) is 0.241. The summed E-state index contributed by atoms with van der Waals surface area (Å²) < 4.78 is 39.9. The van der Waals surface area contributed by atoms with Crippen molar-refractivity contribution in [1.82, 2.24) is 15.0 Å².